The first-order valence-electron chi connectivity index (χ1n) is 9.81. The molecule has 146 valence electrons. The van der Waals surface area contributed by atoms with Gasteiger partial charge in [0.2, 0.25) is 11.8 Å². The number of carboxylic acids is 1. The molecule has 3 unspecified atom stereocenters. The number of carbonyl (C=O) groups is 3. The van der Waals surface area contributed by atoms with Crippen molar-refractivity contribution in [3.8, 4) is 0 Å². The van der Waals surface area contributed by atoms with E-state index in [1.165, 1.54) is 4.90 Å². The van der Waals surface area contributed by atoms with E-state index in [0.717, 1.165) is 24.0 Å². The van der Waals surface area contributed by atoms with Gasteiger partial charge < -0.3 is 14.9 Å². The maximum atomic E-state index is 13.2. The lowest BCUT2D eigenvalue weighted by molar-refractivity contribution is -0.155. The van der Waals surface area contributed by atoms with E-state index < -0.39 is 12.0 Å². The lowest BCUT2D eigenvalue weighted by atomic mass is 9.90. The summed E-state index contributed by atoms with van der Waals surface area (Å²) in [4.78, 5) is 40.8. The van der Waals surface area contributed by atoms with Crippen molar-refractivity contribution >= 4 is 17.8 Å². The fraction of sp³-hybridized carbons (Fsp3) is 0.571. The maximum Gasteiger partial charge on any atom is 0.326 e. The molecule has 1 aromatic carbocycles. The lowest BCUT2D eigenvalue weighted by Crippen LogP contribution is -2.53. The Morgan fingerprint density at radius 2 is 1.93 bits per heavy atom. The summed E-state index contributed by atoms with van der Waals surface area (Å²) in [6.07, 6.45) is 2.59. The molecule has 0 spiro atoms. The average Bonchev–Trinajstić information content (AvgIpc) is 2.71. The Morgan fingerprint density at radius 3 is 2.59 bits per heavy atom. The number of hydrogen-bond acceptors (Lipinski definition) is 3. The molecule has 0 aliphatic carbocycles. The van der Waals surface area contributed by atoms with Crippen LogP contribution in [0, 0.1) is 11.8 Å². The summed E-state index contributed by atoms with van der Waals surface area (Å²) in [6, 6.07) is 6.85. The van der Waals surface area contributed by atoms with Gasteiger partial charge in [-0.2, -0.15) is 0 Å². The first kappa shape index (κ1) is 19.4. The van der Waals surface area contributed by atoms with Crippen LogP contribution in [0.5, 0.6) is 0 Å². The van der Waals surface area contributed by atoms with Gasteiger partial charge in [0.1, 0.15) is 6.04 Å². The van der Waals surface area contributed by atoms with Crippen LogP contribution in [0.3, 0.4) is 0 Å². The highest BCUT2D eigenvalue weighted by atomic mass is 16.4. The first-order valence-corrected chi connectivity index (χ1v) is 9.81. The number of nitrogens with zero attached hydrogens (tertiary/aromatic N) is 2. The molecule has 0 saturated carbocycles. The number of benzene rings is 1. The van der Waals surface area contributed by atoms with E-state index in [-0.39, 0.29) is 23.7 Å². The Balaban J connectivity index is 1.77. The molecule has 1 aromatic rings. The summed E-state index contributed by atoms with van der Waals surface area (Å²) in [5.41, 5.74) is 2.00. The predicted molar refractivity (Wildman–Crippen MR) is 101 cm³/mol. The molecule has 2 aliphatic heterocycles. The predicted octanol–water partition coefficient (Wildman–Crippen LogP) is 2.31. The van der Waals surface area contributed by atoms with E-state index in [9.17, 15) is 19.5 Å². The van der Waals surface area contributed by atoms with Gasteiger partial charge in [-0.25, -0.2) is 4.79 Å². The molecule has 6 nitrogen and oxygen atoms in total. The van der Waals surface area contributed by atoms with Gasteiger partial charge in [0, 0.05) is 32.0 Å². The Morgan fingerprint density at radius 1 is 1.22 bits per heavy atom. The highest BCUT2D eigenvalue weighted by Crippen LogP contribution is 2.28. The summed E-state index contributed by atoms with van der Waals surface area (Å²) in [5, 5.41) is 9.67. The van der Waals surface area contributed by atoms with Crippen LogP contribution in [0.4, 0.5) is 0 Å². The monoisotopic (exact) mass is 372 g/mol. The third kappa shape index (κ3) is 3.99. The zero-order valence-electron chi connectivity index (χ0n) is 16.1. The van der Waals surface area contributed by atoms with Crippen molar-refractivity contribution in [2.75, 3.05) is 13.1 Å². The Kier molecular flexibility index (Phi) is 5.82. The molecule has 1 fully saturated rings. The Bertz CT molecular complexity index is 733. The van der Waals surface area contributed by atoms with Crippen LogP contribution in [0.1, 0.15) is 44.2 Å². The summed E-state index contributed by atoms with van der Waals surface area (Å²) >= 11 is 0. The second kappa shape index (κ2) is 8.11. The molecule has 0 bridgehead atoms. The average molecular weight is 372 g/mol. The van der Waals surface area contributed by atoms with Gasteiger partial charge in [-0.05, 0) is 30.4 Å². The van der Waals surface area contributed by atoms with Crippen molar-refractivity contribution in [2.45, 2.75) is 52.1 Å². The number of carbonyl (C=O) groups excluding carboxylic acids is 2. The van der Waals surface area contributed by atoms with Crippen LogP contribution < -0.4 is 0 Å². The topological polar surface area (TPSA) is 77.9 Å². The van der Waals surface area contributed by atoms with Gasteiger partial charge >= 0.3 is 5.97 Å². The van der Waals surface area contributed by atoms with Gasteiger partial charge in [-0.3, -0.25) is 9.59 Å². The summed E-state index contributed by atoms with van der Waals surface area (Å²) in [5.74, 6) is -1.39. The van der Waals surface area contributed by atoms with Gasteiger partial charge in [0.15, 0.2) is 0 Å². The zero-order valence-corrected chi connectivity index (χ0v) is 16.1. The molecule has 3 rings (SSSR count). The maximum absolute atomic E-state index is 13.2. The molecule has 0 aromatic heterocycles. The van der Waals surface area contributed by atoms with E-state index in [1.54, 1.807) is 4.90 Å². The minimum Gasteiger partial charge on any atom is -0.480 e. The van der Waals surface area contributed by atoms with Crippen molar-refractivity contribution in [3.05, 3.63) is 35.4 Å². The number of fused-ring (bicyclic) bond motifs is 1. The molecule has 2 aliphatic rings. The van der Waals surface area contributed by atoms with Crippen molar-refractivity contribution in [1.82, 2.24) is 9.80 Å². The molecule has 0 radical (unpaired) electrons. The molecule has 3 atom stereocenters. The second-order valence-electron chi connectivity index (χ2n) is 7.73. The normalized spacial score (nSPS) is 23.5. The molecule has 27 heavy (non-hydrogen) atoms. The largest absolute Gasteiger partial charge is 0.480 e. The Hall–Kier alpha value is -2.37. The fourth-order valence-corrected chi connectivity index (χ4v) is 4.07. The van der Waals surface area contributed by atoms with E-state index in [4.69, 9.17) is 0 Å². The van der Waals surface area contributed by atoms with Crippen LogP contribution >= 0.6 is 0 Å². The van der Waals surface area contributed by atoms with Crippen molar-refractivity contribution < 1.29 is 19.5 Å². The smallest absolute Gasteiger partial charge is 0.326 e. The zero-order chi connectivity index (χ0) is 19.6. The second-order valence-corrected chi connectivity index (χ2v) is 7.73. The summed E-state index contributed by atoms with van der Waals surface area (Å²) in [7, 11) is 0. The van der Waals surface area contributed by atoms with Crippen LogP contribution in [-0.2, 0) is 27.3 Å². The fourth-order valence-electron chi connectivity index (χ4n) is 4.07. The van der Waals surface area contributed by atoms with E-state index in [2.05, 4.69) is 0 Å². The minimum atomic E-state index is -0.971. The van der Waals surface area contributed by atoms with Crippen LogP contribution in [-0.4, -0.2) is 51.8 Å². The van der Waals surface area contributed by atoms with Gasteiger partial charge in [0.05, 0.1) is 5.92 Å². The molecule has 2 amide bonds. The van der Waals surface area contributed by atoms with Crippen molar-refractivity contribution in [2.24, 2.45) is 11.8 Å². The number of amides is 2. The third-order valence-corrected chi connectivity index (χ3v) is 5.93. The number of hydrogen-bond donors (Lipinski definition) is 1. The van der Waals surface area contributed by atoms with E-state index in [0.29, 0.717) is 32.5 Å². The Labute approximate surface area is 160 Å². The molecule has 1 N–H and O–H groups in total. The lowest BCUT2D eigenvalue weighted by Gasteiger charge is -2.40. The van der Waals surface area contributed by atoms with Crippen LogP contribution in [0.2, 0.25) is 0 Å². The number of carboxylic acid groups (broad SMARTS) is 1. The molecule has 2 heterocycles. The molecule has 6 heteroatoms. The van der Waals surface area contributed by atoms with Crippen LogP contribution in [0.25, 0.3) is 0 Å². The quantitative estimate of drug-likeness (QED) is 0.880. The minimum absolute atomic E-state index is 0.0486. The summed E-state index contributed by atoms with van der Waals surface area (Å²) < 4.78 is 0. The molecular formula is C21H28N2O4. The van der Waals surface area contributed by atoms with E-state index >= 15 is 0 Å². The SMILES string of the molecule is CCC(C)C(=O)N1CCCC(C(=O)N2Cc3ccccc3CC2C(=O)O)C1. The highest BCUT2D eigenvalue weighted by molar-refractivity contribution is 5.87. The van der Waals surface area contributed by atoms with Crippen LogP contribution in [0.15, 0.2) is 24.3 Å². The van der Waals surface area contributed by atoms with Crippen molar-refractivity contribution in [3.63, 3.8) is 0 Å². The number of aliphatic carboxylic acids is 1. The summed E-state index contributed by atoms with van der Waals surface area (Å²) in [6.45, 7) is 5.29. The molecule has 1 saturated heterocycles. The first-order chi connectivity index (χ1) is 12.9. The van der Waals surface area contributed by atoms with Crippen molar-refractivity contribution in [1.29, 1.82) is 0 Å². The van der Waals surface area contributed by atoms with Gasteiger partial charge in [0.25, 0.3) is 0 Å². The number of piperidine rings is 1. The van der Waals surface area contributed by atoms with E-state index in [1.807, 2.05) is 38.1 Å². The van der Waals surface area contributed by atoms with Gasteiger partial charge in [-0.1, -0.05) is 38.1 Å². The standard InChI is InChI=1S/C21H28N2O4/c1-3-14(2)19(24)22-10-6-9-17(12-22)20(25)23-13-16-8-5-4-7-15(16)11-18(23)21(26)27/h4-5,7-8,14,17-18H,3,6,9-13H2,1-2H3,(H,26,27). The number of rotatable bonds is 4. The van der Waals surface area contributed by atoms with Gasteiger partial charge in [-0.15, -0.1) is 0 Å². The third-order valence-electron chi connectivity index (χ3n) is 5.93. The molecular weight excluding hydrogens is 344 g/mol. The number of likely N-dealkylation sites (tertiary alicyclic amines) is 1. The highest BCUT2D eigenvalue weighted by Gasteiger charge is 2.39.